The van der Waals surface area contributed by atoms with Gasteiger partial charge in [-0.05, 0) is 44.2 Å². The Bertz CT molecular complexity index is 1020. The predicted molar refractivity (Wildman–Crippen MR) is 98.8 cm³/mol. The molecule has 3 rings (SSSR count). The van der Waals surface area contributed by atoms with Crippen LogP contribution in [-0.2, 0) is 6.54 Å². The zero-order chi connectivity index (χ0) is 18.8. The van der Waals surface area contributed by atoms with Crippen molar-refractivity contribution in [2.45, 2.75) is 20.4 Å². The van der Waals surface area contributed by atoms with E-state index < -0.39 is 5.91 Å². The number of fused-ring (bicyclic) bond motifs is 1. The highest BCUT2D eigenvalue weighted by atomic mass is 16.3. The summed E-state index contributed by atoms with van der Waals surface area (Å²) >= 11 is 0. The maximum atomic E-state index is 12.6. The van der Waals surface area contributed by atoms with Crippen molar-refractivity contribution in [2.24, 2.45) is 5.10 Å². The van der Waals surface area contributed by atoms with E-state index in [0.717, 1.165) is 11.2 Å². The van der Waals surface area contributed by atoms with Crippen LogP contribution in [0.1, 0.15) is 28.5 Å². The molecule has 0 bridgehead atoms. The fourth-order valence-corrected chi connectivity index (χ4v) is 3.02. The second kappa shape index (κ2) is 6.79. The number of phenols is 3. The van der Waals surface area contributed by atoms with E-state index in [1.54, 1.807) is 18.2 Å². The SMILES string of the molecule is CCn1c(C)c(C(=O)NN=Cc2ccc(O)cc2O)c2cc(O)ccc21. The van der Waals surface area contributed by atoms with Gasteiger partial charge in [0, 0.05) is 34.8 Å². The highest BCUT2D eigenvalue weighted by molar-refractivity contribution is 6.09. The number of amides is 1. The summed E-state index contributed by atoms with van der Waals surface area (Å²) in [5, 5.41) is 33.3. The maximum absolute atomic E-state index is 12.6. The summed E-state index contributed by atoms with van der Waals surface area (Å²) in [6.07, 6.45) is 1.29. The van der Waals surface area contributed by atoms with E-state index in [1.807, 2.05) is 18.4 Å². The number of hydrogen-bond acceptors (Lipinski definition) is 5. The van der Waals surface area contributed by atoms with Gasteiger partial charge in [-0.2, -0.15) is 5.10 Å². The van der Waals surface area contributed by atoms with Crippen LogP contribution in [0.15, 0.2) is 41.5 Å². The van der Waals surface area contributed by atoms with Crippen LogP contribution >= 0.6 is 0 Å². The fraction of sp³-hybridized carbons (Fsp3) is 0.158. The van der Waals surface area contributed by atoms with Crippen LogP contribution in [-0.4, -0.2) is 32.0 Å². The Morgan fingerprint density at radius 1 is 1.15 bits per heavy atom. The van der Waals surface area contributed by atoms with Crippen LogP contribution in [0.4, 0.5) is 0 Å². The minimum atomic E-state index is -0.417. The van der Waals surface area contributed by atoms with Crippen molar-refractivity contribution in [3.63, 3.8) is 0 Å². The summed E-state index contributed by atoms with van der Waals surface area (Å²) in [4.78, 5) is 12.6. The quantitative estimate of drug-likeness (QED) is 0.427. The zero-order valence-electron chi connectivity index (χ0n) is 14.4. The molecule has 7 nitrogen and oxygen atoms in total. The first kappa shape index (κ1) is 17.3. The van der Waals surface area contributed by atoms with Gasteiger partial charge < -0.3 is 19.9 Å². The third-order valence-electron chi connectivity index (χ3n) is 4.23. The van der Waals surface area contributed by atoms with Crippen molar-refractivity contribution < 1.29 is 20.1 Å². The molecule has 0 aliphatic heterocycles. The first-order valence-electron chi connectivity index (χ1n) is 8.09. The largest absolute Gasteiger partial charge is 0.508 e. The number of aromatic nitrogens is 1. The Hall–Kier alpha value is -3.48. The normalized spacial score (nSPS) is 11.3. The van der Waals surface area contributed by atoms with Crippen molar-refractivity contribution in [3.05, 3.63) is 53.2 Å². The van der Waals surface area contributed by atoms with Crippen molar-refractivity contribution in [1.82, 2.24) is 9.99 Å². The molecule has 0 radical (unpaired) electrons. The number of nitrogens with one attached hydrogen (secondary N) is 1. The van der Waals surface area contributed by atoms with Gasteiger partial charge in [-0.15, -0.1) is 0 Å². The number of phenolic OH excluding ortho intramolecular Hbond substituents is 3. The van der Waals surface area contributed by atoms with E-state index in [0.29, 0.717) is 23.1 Å². The summed E-state index contributed by atoms with van der Waals surface area (Å²) < 4.78 is 1.99. The molecule has 1 heterocycles. The van der Waals surface area contributed by atoms with Crippen molar-refractivity contribution in [3.8, 4) is 17.2 Å². The van der Waals surface area contributed by atoms with Crippen LogP contribution in [0, 0.1) is 6.92 Å². The van der Waals surface area contributed by atoms with E-state index in [-0.39, 0.29) is 17.2 Å². The topological polar surface area (TPSA) is 107 Å². The van der Waals surface area contributed by atoms with Crippen molar-refractivity contribution in [2.75, 3.05) is 0 Å². The van der Waals surface area contributed by atoms with Crippen LogP contribution < -0.4 is 5.43 Å². The molecule has 0 saturated heterocycles. The number of carbonyl (C=O) groups excluding carboxylic acids is 1. The Morgan fingerprint density at radius 2 is 1.85 bits per heavy atom. The number of hydrazone groups is 1. The molecule has 3 aromatic rings. The summed E-state index contributed by atoms with van der Waals surface area (Å²) in [6, 6.07) is 8.98. The number of hydrogen-bond donors (Lipinski definition) is 4. The molecule has 134 valence electrons. The minimum Gasteiger partial charge on any atom is -0.508 e. The fourth-order valence-electron chi connectivity index (χ4n) is 3.02. The van der Waals surface area contributed by atoms with Crippen LogP contribution in [0.3, 0.4) is 0 Å². The highest BCUT2D eigenvalue weighted by Crippen LogP contribution is 2.29. The van der Waals surface area contributed by atoms with Gasteiger partial charge in [0.15, 0.2) is 0 Å². The second-order valence-corrected chi connectivity index (χ2v) is 5.85. The van der Waals surface area contributed by atoms with Gasteiger partial charge in [0.2, 0.25) is 0 Å². The number of aromatic hydroxyl groups is 3. The summed E-state index contributed by atoms with van der Waals surface area (Å²) in [7, 11) is 0. The van der Waals surface area contributed by atoms with E-state index in [1.165, 1.54) is 24.4 Å². The van der Waals surface area contributed by atoms with Gasteiger partial charge in [0.25, 0.3) is 5.91 Å². The number of aryl methyl sites for hydroxylation is 1. The average Bonchev–Trinajstić information content (AvgIpc) is 2.87. The molecule has 7 heteroatoms. The first-order valence-corrected chi connectivity index (χ1v) is 8.09. The predicted octanol–water partition coefficient (Wildman–Crippen LogP) is 2.85. The molecule has 0 aliphatic rings. The summed E-state index contributed by atoms with van der Waals surface area (Å²) in [5.74, 6) is -0.546. The van der Waals surface area contributed by atoms with Crippen molar-refractivity contribution in [1.29, 1.82) is 0 Å². The number of benzene rings is 2. The molecule has 2 aromatic carbocycles. The first-order chi connectivity index (χ1) is 12.4. The number of nitrogens with zero attached hydrogens (tertiary/aromatic N) is 2. The van der Waals surface area contributed by atoms with E-state index in [2.05, 4.69) is 10.5 Å². The molecule has 0 saturated carbocycles. The lowest BCUT2D eigenvalue weighted by Crippen LogP contribution is -2.18. The Morgan fingerprint density at radius 3 is 2.54 bits per heavy atom. The molecule has 0 fully saturated rings. The molecule has 26 heavy (non-hydrogen) atoms. The molecule has 1 amide bonds. The van der Waals surface area contributed by atoms with E-state index in [9.17, 15) is 20.1 Å². The minimum absolute atomic E-state index is 0.0634. The third-order valence-corrected chi connectivity index (χ3v) is 4.23. The molecule has 4 N–H and O–H groups in total. The van der Waals surface area contributed by atoms with Gasteiger partial charge in [0.1, 0.15) is 17.2 Å². The van der Waals surface area contributed by atoms with E-state index in [4.69, 9.17) is 0 Å². The third kappa shape index (κ3) is 3.06. The number of carbonyl (C=O) groups is 1. The maximum Gasteiger partial charge on any atom is 0.273 e. The Balaban J connectivity index is 1.91. The molecular weight excluding hydrogens is 334 g/mol. The van der Waals surface area contributed by atoms with Crippen LogP contribution in [0.2, 0.25) is 0 Å². The number of rotatable bonds is 4. The van der Waals surface area contributed by atoms with Gasteiger partial charge in [-0.25, -0.2) is 5.43 Å². The molecule has 0 aliphatic carbocycles. The van der Waals surface area contributed by atoms with Gasteiger partial charge in [0.05, 0.1) is 11.8 Å². The smallest absolute Gasteiger partial charge is 0.273 e. The zero-order valence-corrected chi connectivity index (χ0v) is 14.4. The van der Waals surface area contributed by atoms with Crippen LogP contribution in [0.25, 0.3) is 10.9 Å². The van der Waals surface area contributed by atoms with Gasteiger partial charge in [-0.3, -0.25) is 4.79 Å². The van der Waals surface area contributed by atoms with E-state index >= 15 is 0 Å². The molecule has 0 atom stereocenters. The summed E-state index contributed by atoms with van der Waals surface area (Å²) in [6.45, 7) is 4.50. The van der Waals surface area contributed by atoms with Crippen LogP contribution in [0.5, 0.6) is 17.2 Å². The monoisotopic (exact) mass is 353 g/mol. The van der Waals surface area contributed by atoms with Crippen molar-refractivity contribution >= 4 is 23.0 Å². The lowest BCUT2D eigenvalue weighted by molar-refractivity contribution is 0.0956. The summed E-state index contributed by atoms with van der Waals surface area (Å²) in [5.41, 5.74) is 4.86. The molecule has 0 unspecified atom stereocenters. The Kier molecular flexibility index (Phi) is 4.53. The highest BCUT2D eigenvalue weighted by Gasteiger charge is 2.19. The lowest BCUT2D eigenvalue weighted by Gasteiger charge is -2.04. The Labute approximate surface area is 149 Å². The second-order valence-electron chi connectivity index (χ2n) is 5.85. The average molecular weight is 353 g/mol. The van der Waals surface area contributed by atoms with Gasteiger partial charge in [-0.1, -0.05) is 0 Å². The molecular formula is C19H19N3O4. The standard InChI is InChI=1S/C19H19N3O4/c1-3-22-11(2)18(15-8-13(23)6-7-16(15)22)19(26)21-20-10-12-4-5-14(24)9-17(12)25/h4-10,23-25H,3H2,1-2H3,(H,21,26). The molecule has 1 aromatic heterocycles. The molecule has 0 spiro atoms. The lowest BCUT2D eigenvalue weighted by atomic mass is 10.1. The van der Waals surface area contributed by atoms with Gasteiger partial charge >= 0.3 is 0 Å².